The molecule has 0 heterocycles. The van der Waals surface area contributed by atoms with Crippen LogP contribution < -0.4 is 10.1 Å². The summed E-state index contributed by atoms with van der Waals surface area (Å²) in [5.74, 6) is 0.696. The number of nitrogens with one attached hydrogen (secondary N) is 1. The Kier molecular flexibility index (Phi) is 6.99. The number of nitrogens with zero attached hydrogens (tertiary/aromatic N) is 2. The lowest BCUT2D eigenvalue weighted by molar-refractivity contribution is -0.120. The minimum atomic E-state index is -0.302. The fraction of sp³-hybridized carbons (Fsp3) is 0.263. The highest BCUT2D eigenvalue weighted by Gasteiger charge is 2.18. The summed E-state index contributed by atoms with van der Waals surface area (Å²) in [6.45, 7) is 2.96. The highest BCUT2D eigenvalue weighted by molar-refractivity contribution is 9.10. The maximum atomic E-state index is 12.3. The number of likely N-dealkylation sites (N-methyl/N-ethyl adjacent to an activating group) is 1. The summed E-state index contributed by atoms with van der Waals surface area (Å²) in [4.78, 5) is 14.2. The summed E-state index contributed by atoms with van der Waals surface area (Å²) in [5, 5.41) is 11.6. The van der Waals surface area contributed by atoms with Gasteiger partial charge >= 0.3 is 0 Å². The molecule has 0 unspecified atom stereocenters. The first kappa shape index (κ1) is 19.0. The van der Waals surface area contributed by atoms with E-state index >= 15 is 0 Å². The first-order chi connectivity index (χ1) is 12.0. The van der Waals surface area contributed by atoms with Crippen molar-refractivity contribution >= 4 is 27.5 Å². The van der Waals surface area contributed by atoms with Gasteiger partial charge in [-0.1, -0.05) is 15.9 Å². The van der Waals surface area contributed by atoms with Gasteiger partial charge in [0.1, 0.15) is 12.4 Å². The standard InChI is InChI=1S/C19H20BrN3O2/c1-14(19(24)22-17-7-3-15(13-21)4-8-17)23(2)11-12-25-18-9-5-16(20)6-10-18/h3-10,14H,11-12H2,1-2H3,(H,22,24)/t14-/m1/s1. The van der Waals surface area contributed by atoms with E-state index in [1.165, 1.54) is 0 Å². The normalized spacial score (nSPS) is 11.6. The van der Waals surface area contributed by atoms with Gasteiger partial charge in [0.2, 0.25) is 5.91 Å². The zero-order chi connectivity index (χ0) is 18.2. The van der Waals surface area contributed by atoms with Gasteiger partial charge in [0.05, 0.1) is 17.7 Å². The van der Waals surface area contributed by atoms with E-state index in [2.05, 4.69) is 27.3 Å². The van der Waals surface area contributed by atoms with Crippen LogP contribution in [0, 0.1) is 11.3 Å². The van der Waals surface area contributed by atoms with Crippen molar-refractivity contribution < 1.29 is 9.53 Å². The van der Waals surface area contributed by atoms with E-state index in [0.717, 1.165) is 10.2 Å². The Morgan fingerprint density at radius 2 is 1.88 bits per heavy atom. The Bertz CT molecular complexity index is 739. The molecular formula is C19H20BrN3O2. The summed E-state index contributed by atoms with van der Waals surface area (Å²) in [6, 6.07) is 16.2. The van der Waals surface area contributed by atoms with Crippen LogP contribution in [0.25, 0.3) is 0 Å². The molecule has 0 saturated carbocycles. The fourth-order valence-electron chi connectivity index (χ4n) is 2.11. The Morgan fingerprint density at radius 1 is 1.24 bits per heavy atom. The second-order valence-electron chi connectivity index (χ2n) is 5.64. The zero-order valence-electron chi connectivity index (χ0n) is 14.2. The van der Waals surface area contributed by atoms with Gasteiger partial charge in [-0.25, -0.2) is 0 Å². The Labute approximate surface area is 156 Å². The molecule has 0 aliphatic rings. The van der Waals surface area contributed by atoms with Crippen LogP contribution in [0.3, 0.4) is 0 Å². The van der Waals surface area contributed by atoms with Crippen molar-refractivity contribution in [3.63, 3.8) is 0 Å². The second kappa shape index (κ2) is 9.21. The quantitative estimate of drug-likeness (QED) is 0.768. The summed E-state index contributed by atoms with van der Waals surface area (Å²) >= 11 is 3.38. The smallest absolute Gasteiger partial charge is 0.241 e. The minimum Gasteiger partial charge on any atom is -0.492 e. The van der Waals surface area contributed by atoms with Gasteiger partial charge in [-0.2, -0.15) is 5.26 Å². The lowest BCUT2D eigenvalue weighted by Gasteiger charge is -2.23. The average Bonchev–Trinajstić information content (AvgIpc) is 2.63. The van der Waals surface area contributed by atoms with Gasteiger partial charge < -0.3 is 10.1 Å². The molecule has 2 rings (SSSR count). The Morgan fingerprint density at radius 3 is 2.48 bits per heavy atom. The number of carbonyl (C=O) groups excluding carboxylic acids is 1. The van der Waals surface area contributed by atoms with Crippen LogP contribution in [0.4, 0.5) is 5.69 Å². The third-order valence-corrected chi connectivity index (χ3v) is 4.38. The number of hydrogen-bond acceptors (Lipinski definition) is 4. The van der Waals surface area contributed by atoms with Crippen molar-refractivity contribution in [3.8, 4) is 11.8 Å². The molecule has 2 aromatic rings. The Hall–Kier alpha value is -2.36. The van der Waals surface area contributed by atoms with E-state index in [0.29, 0.717) is 24.4 Å². The van der Waals surface area contributed by atoms with Gasteiger partial charge in [0.25, 0.3) is 0 Å². The first-order valence-corrected chi connectivity index (χ1v) is 8.68. The lowest BCUT2D eigenvalue weighted by Crippen LogP contribution is -2.41. The molecular weight excluding hydrogens is 382 g/mol. The number of hydrogen-bond donors (Lipinski definition) is 1. The van der Waals surface area contributed by atoms with Gasteiger partial charge in [-0.05, 0) is 62.5 Å². The molecule has 2 aromatic carbocycles. The first-order valence-electron chi connectivity index (χ1n) is 7.89. The van der Waals surface area contributed by atoms with Crippen molar-refractivity contribution in [3.05, 3.63) is 58.6 Å². The predicted octanol–water partition coefficient (Wildman–Crippen LogP) is 3.66. The summed E-state index contributed by atoms with van der Waals surface area (Å²) in [6.07, 6.45) is 0. The monoisotopic (exact) mass is 401 g/mol. The third-order valence-electron chi connectivity index (χ3n) is 3.85. The van der Waals surface area contributed by atoms with Crippen LogP contribution in [0.2, 0.25) is 0 Å². The molecule has 25 heavy (non-hydrogen) atoms. The molecule has 0 aliphatic carbocycles. The van der Waals surface area contributed by atoms with Crippen molar-refractivity contribution in [2.45, 2.75) is 13.0 Å². The molecule has 0 spiro atoms. The van der Waals surface area contributed by atoms with Crippen molar-refractivity contribution in [1.29, 1.82) is 5.26 Å². The molecule has 1 amide bonds. The largest absolute Gasteiger partial charge is 0.492 e. The number of halogens is 1. The topological polar surface area (TPSA) is 65.4 Å². The maximum absolute atomic E-state index is 12.3. The number of amides is 1. The SMILES string of the molecule is C[C@H](C(=O)Nc1ccc(C#N)cc1)N(C)CCOc1ccc(Br)cc1. The van der Waals surface area contributed by atoms with Crippen molar-refractivity contribution in [1.82, 2.24) is 4.90 Å². The number of benzene rings is 2. The molecule has 0 radical (unpaired) electrons. The molecule has 5 nitrogen and oxygen atoms in total. The van der Waals surface area contributed by atoms with Crippen molar-refractivity contribution in [2.24, 2.45) is 0 Å². The molecule has 0 bridgehead atoms. The van der Waals surface area contributed by atoms with Crippen LogP contribution in [0.5, 0.6) is 5.75 Å². The molecule has 1 atom stereocenters. The van der Waals surface area contributed by atoms with Crippen LogP contribution in [0.15, 0.2) is 53.0 Å². The maximum Gasteiger partial charge on any atom is 0.241 e. The third kappa shape index (κ3) is 5.89. The second-order valence-corrected chi connectivity index (χ2v) is 6.55. The van der Waals surface area contributed by atoms with E-state index < -0.39 is 0 Å². The molecule has 0 saturated heterocycles. The summed E-state index contributed by atoms with van der Waals surface area (Å²) in [7, 11) is 1.88. The van der Waals surface area contributed by atoms with E-state index in [-0.39, 0.29) is 11.9 Å². The molecule has 0 fully saturated rings. The molecule has 0 aromatic heterocycles. The molecule has 0 aliphatic heterocycles. The van der Waals surface area contributed by atoms with Gasteiger partial charge in [0, 0.05) is 16.7 Å². The van der Waals surface area contributed by atoms with Crippen LogP contribution >= 0.6 is 15.9 Å². The lowest BCUT2D eigenvalue weighted by atomic mass is 10.2. The number of ether oxygens (including phenoxy) is 1. The van der Waals surface area contributed by atoms with Crippen LogP contribution in [0.1, 0.15) is 12.5 Å². The summed E-state index contributed by atoms with van der Waals surface area (Å²) < 4.78 is 6.69. The van der Waals surface area contributed by atoms with E-state index in [9.17, 15) is 4.79 Å². The molecule has 1 N–H and O–H groups in total. The summed E-state index contributed by atoms with van der Waals surface area (Å²) in [5.41, 5.74) is 1.24. The average molecular weight is 402 g/mol. The number of rotatable bonds is 7. The minimum absolute atomic E-state index is 0.101. The highest BCUT2D eigenvalue weighted by Crippen LogP contribution is 2.16. The fourth-order valence-corrected chi connectivity index (χ4v) is 2.37. The van der Waals surface area contributed by atoms with Gasteiger partial charge in [-0.15, -0.1) is 0 Å². The Balaban J connectivity index is 1.79. The van der Waals surface area contributed by atoms with Crippen LogP contribution in [-0.4, -0.2) is 37.0 Å². The number of anilines is 1. The van der Waals surface area contributed by atoms with Crippen LogP contribution in [-0.2, 0) is 4.79 Å². The van der Waals surface area contributed by atoms with E-state index in [4.69, 9.17) is 10.00 Å². The predicted molar refractivity (Wildman–Crippen MR) is 102 cm³/mol. The number of nitriles is 1. The van der Waals surface area contributed by atoms with Gasteiger partial charge in [0.15, 0.2) is 0 Å². The zero-order valence-corrected chi connectivity index (χ0v) is 15.8. The number of carbonyl (C=O) groups is 1. The van der Waals surface area contributed by atoms with E-state index in [1.54, 1.807) is 24.3 Å². The van der Waals surface area contributed by atoms with E-state index in [1.807, 2.05) is 43.1 Å². The molecule has 130 valence electrons. The van der Waals surface area contributed by atoms with Crippen molar-refractivity contribution in [2.75, 3.05) is 25.5 Å². The van der Waals surface area contributed by atoms with Gasteiger partial charge in [-0.3, -0.25) is 9.69 Å². The molecule has 6 heteroatoms. The highest BCUT2D eigenvalue weighted by atomic mass is 79.9.